The van der Waals surface area contributed by atoms with Gasteiger partial charge in [0.25, 0.3) is 0 Å². The summed E-state index contributed by atoms with van der Waals surface area (Å²) in [6, 6.07) is 15.9. The van der Waals surface area contributed by atoms with Gasteiger partial charge >= 0.3 is 0 Å². The van der Waals surface area contributed by atoms with Gasteiger partial charge in [-0.25, -0.2) is 0 Å². The van der Waals surface area contributed by atoms with Gasteiger partial charge < -0.3 is 15.1 Å². The summed E-state index contributed by atoms with van der Waals surface area (Å²) in [7, 11) is 0. The van der Waals surface area contributed by atoms with Gasteiger partial charge in [-0.1, -0.05) is 30.3 Å². The molecule has 35 heavy (non-hydrogen) atoms. The Labute approximate surface area is 207 Å². The van der Waals surface area contributed by atoms with E-state index in [2.05, 4.69) is 64.9 Å². The van der Waals surface area contributed by atoms with Crippen molar-refractivity contribution >= 4 is 17.5 Å². The Morgan fingerprint density at radius 2 is 1.83 bits per heavy atom. The second-order valence-electron chi connectivity index (χ2n) is 11.5. The van der Waals surface area contributed by atoms with Crippen LogP contribution in [0.2, 0.25) is 0 Å². The predicted molar refractivity (Wildman–Crippen MR) is 136 cm³/mol. The molecule has 3 heterocycles. The first-order valence-electron chi connectivity index (χ1n) is 13.4. The molecular weight excluding hydrogens is 436 g/mol. The molecule has 182 valence electrons. The van der Waals surface area contributed by atoms with Crippen LogP contribution in [0.4, 0.5) is 5.69 Å². The number of amides is 2. The molecule has 2 aromatic carbocycles. The molecule has 6 nitrogen and oxygen atoms in total. The molecule has 0 bridgehead atoms. The van der Waals surface area contributed by atoms with Crippen LogP contribution in [0.25, 0.3) is 11.1 Å². The van der Waals surface area contributed by atoms with Crippen molar-refractivity contribution in [1.82, 2.24) is 15.1 Å². The number of likely N-dealkylation sites (tertiary alicyclic amines) is 1. The van der Waals surface area contributed by atoms with Crippen LogP contribution in [0.1, 0.15) is 56.3 Å². The van der Waals surface area contributed by atoms with Crippen LogP contribution >= 0.6 is 0 Å². The maximum atomic E-state index is 13.4. The Balaban J connectivity index is 1.09. The highest BCUT2D eigenvalue weighted by Crippen LogP contribution is 2.46. The van der Waals surface area contributed by atoms with Crippen molar-refractivity contribution in [2.75, 3.05) is 25.0 Å². The van der Waals surface area contributed by atoms with Crippen molar-refractivity contribution in [2.24, 2.45) is 11.8 Å². The lowest BCUT2D eigenvalue weighted by molar-refractivity contribution is -0.131. The van der Waals surface area contributed by atoms with Gasteiger partial charge in [-0.3, -0.25) is 14.9 Å². The van der Waals surface area contributed by atoms with Crippen LogP contribution in [0.15, 0.2) is 42.5 Å². The first-order chi connectivity index (χ1) is 17.0. The molecule has 2 saturated heterocycles. The molecule has 6 heteroatoms. The molecule has 3 aliphatic heterocycles. The molecule has 2 amide bonds. The minimum absolute atomic E-state index is 0.0858. The van der Waals surface area contributed by atoms with Crippen molar-refractivity contribution in [3.63, 3.8) is 0 Å². The maximum absolute atomic E-state index is 13.4. The fourth-order valence-corrected chi connectivity index (χ4v) is 6.36. The minimum Gasteiger partial charge on any atom is -0.382 e. The molecule has 7 rings (SSSR count). The van der Waals surface area contributed by atoms with Crippen LogP contribution in [0.3, 0.4) is 0 Å². The van der Waals surface area contributed by atoms with Gasteiger partial charge in [0.15, 0.2) is 0 Å². The van der Waals surface area contributed by atoms with Crippen LogP contribution < -0.4 is 10.6 Å². The van der Waals surface area contributed by atoms with Gasteiger partial charge in [0, 0.05) is 37.3 Å². The van der Waals surface area contributed by atoms with Crippen molar-refractivity contribution in [1.29, 1.82) is 0 Å². The lowest BCUT2D eigenvalue weighted by atomic mass is 9.99. The van der Waals surface area contributed by atoms with E-state index < -0.39 is 0 Å². The molecule has 0 radical (unpaired) electrons. The SMILES string of the molecule is CC1Cc2cc(-c3ccc(C4NC5(CC5)C(=O)N4C[C@@H]4CCN(C(=O)C5CC5)C4)cc3)ccc2N1. The zero-order valence-electron chi connectivity index (χ0n) is 20.4. The largest absolute Gasteiger partial charge is 0.382 e. The van der Waals surface area contributed by atoms with E-state index in [1.807, 2.05) is 4.90 Å². The lowest BCUT2D eigenvalue weighted by Crippen LogP contribution is -2.37. The summed E-state index contributed by atoms with van der Waals surface area (Å²) in [5.74, 6) is 1.22. The number of carbonyl (C=O) groups excluding carboxylic acids is 2. The smallest absolute Gasteiger partial charge is 0.244 e. The number of nitrogens with zero attached hydrogens (tertiary/aromatic N) is 2. The van der Waals surface area contributed by atoms with E-state index in [0.29, 0.717) is 17.9 Å². The quantitative estimate of drug-likeness (QED) is 0.695. The third kappa shape index (κ3) is 3.74. The third-order valence-electron chi connectivity index (χ3n) is 8.72. The van der Waals surface area contributed by atoms with E-state index in [1.165, 1.54) is 22.4 Å². The summed E-state index contributed by atoms with van der Waals surface area (Å²) >= 11 is 0. The summed E-state index contributed by atoms with van der Waals surface area (Å²) < 4.78 is 0. The normalized spacial score (nSPS) is 28.5. The van der Waals surface area contributed by atoms with Gasteiger partial charge in [0.1, 0.15) is 11.7 Å². The molecule has 2 aliphatic carbocycles. The minimum atomic E-state index is -0.352. The first-order valence-corrected chi connectivity index (χ1v) is 13.4. The van der Waals surface area contributed by atoms with Crippen LogP contribution in [0.5, 0.6) is 0 Å². The number of rotatable bonds is 5. The van der Waals surface area contributed by atoms with E-state index in [1.54, 1.807) is 0 Å². The molecule has 2 unspecified atom stereocenters. The number of benzene rings is 2. The van der Waals surface area contributed by atoms with E-state index in [9.17, 15) is 9.59 Å². The Morgan fingerprint density at radius 3 is 2.57 bits per heavy atom. The zero-order chi connectivity index (χ0) is 23.7. The Bertz CT molecular complexity index is 1180. The van der Waals surface area contributed by atoms with Crippen molar-refractivity contribution < 1.29 is 9.59 Å². The summed E-state index contributed by atoms with van der Waals surface area (Å²) in [6.07, 6.45) is 5.93. The number of anilines is 1. The number of hydrogen-bond donors (Lipinski definition) is 2. The predicted octanol–water partition coefficient (Wildman–Crippen LogP) is 3.93. The molecule has 3 atom stereocenters. The van der Waals surface area contributed by atoms with E-state index in [4.69, 9.17) is 0 Å². The topological polar surface area (TPSA) is 64.7 Å². The van der Waals surface area contributed by atoms with Crippen molar-refractivity contribution in [3.8, 4) is 11.1 Å². The fourth-order valence-electron chi connectivity index (χ4n) is 6.36. The Morgan fingerprint density at radius 1 is 1.06 bits per heavy atom. The molecular formula is C29H34N4O2. The van der Waals surface area contributed by atoms with E-state index >= 15 is 0 Å². The van der Waals surface area contributed by atoms with Crippen LogP contribution in [-0.4, -0.2) is 52.8 Å². The fraction of sp³-hybridized carbons (Fsp3) is 0.517. The molecule has 0 aromatic heterocycles. The number of hydrogen-bond acceptors (Lipinski definition) is 4. The summed E-state index contributed by atoms with van der Waals surface area (Å²) in [5.41, 5.74) is 5.87. The average Bonchev–Trinajstić information content (AvgIpc) is 3.76. The Hall–Kier alpha value is -2.86. The van der Waals surface area contributed by atoms with Crippen LogP contribution in [-0.2, 0) is 16.0 Å². The monoisotopic (exact) mass is 470 g/mol. The van der Waals surface area contributed by atoms with Gasteiger partial charge in [-0.2, -0.15) is 0 Å². The molecule has 1 spiro atoms. The standard InChI is InChI=1S/C29H34N4O2/c1-18-14-24-15-23(8-9-25(24)30-18)20-2-4-21(5-3-20)26-31-29(11-12-29)28(35)33(26)17-19-10-13-32(16-19)27(34)22-6-7-22/h2-5,8-9,15,18-19,22,26,30-31H,6-7,10-14,16-17H2,1H3/t18?,19-,26?/m1/s1. The Kier molecular flexibility index (Phi) is 4.79. The highest BCUT2D eigenvalue weighted by atomic mass is 16.2. The highest BCUT2D eigenvalue weighted by molar-refractivity contribution is 5.92. The molecule has 4 fully saturated rings. The second kappa shape index (κ2) is 7.82. The third-order valence-corrected chi connectivity index (χ3v) is 8.72. The molecule has 2 saturated carbocycles. The number of fused-ring (bicyclic) bond motifs is 1. The van der Waals surface area contributed by atoms with Gasteiger partial charge in [-0.15, -0.1) is 0 Å². The molecule has 2 aromatic rings. The second-order valence-corrected chi connectivity index (χ2v) is 11.5. The van der Waals surface area contributed by atoms with Gasteiger partial charge in [0.2, 0.25) is 11.8 Å². The maximum Gasteiger partial charge on any atom is 0.244 e. The van der Waals surface area contributed by atoms with Gasteiger partial charge in [-0.05, 0) is 85.8 Å². The van der Waals surface area contributed by atoms with Crippen molar-refractivity contribution in [2.45, 2.75) is 63.2 Å². The van der Waals surface area contributed by atoms with E-state index in [0.717, 1.165) is 63.7 Å². The lowest BCUT2D eigenvalue weighted by Gasteiger charge is -2.27. The zero-order valence-corrected chi connectivity index (χ0v) is 20.4. The van der Waals surface area contributed by atoms with Crippen molar-refractivity contribution in [3.05, 3.63) is 53.6 Å². The summed E-state index contributed by atoms with van der Waals surface area (Å²) in [5, 5.41) is 7.20. The average molecular weight is 471 g/mol. The highest BCUT2D eigenvalue weighted by Gasteiger charge is 2.59. The molecule has 2 N–H and O–H groups in total. The van der Waals surface area contributed by atoms with Crippen LogP contribution in [0, 0.1) is 11.8 Å². The van der Waals surface area contributed by atoms with Gasteiger partial charge in [0.05, 0.1) is 0 Å². The van der Waals surface area contributed by atoms with E-state index in [-0.39, 0.29) is 23.5 Å². The first kappa shape index (κ1) is 21.4. The summed E-state index contributed by atoms with van der Waals surface area (Å²) in [6.45, 7) is 4.58. The number of carbonyl (C=O) groups is 2. The number of nitrogens with one attached hydrogen (secondary N) is 2. The molecule has 5 aliphatic rings. The summed E-state index contributed by atoms with van der Waals surface area (Å²) in [4.78, 5) is 30.0.